The summed E-state index contributed by atoms with van der Waals surface area (Å²) in [6.45, 7) is 0.856. The highest BCUT2D eigenvalue weighted by Crippen LogP contribution is 2.12. The number of para-hydroxylation sites is 1. The van der Waals surface area contributed by atoms with E-state index in [0.717, 1.165) is 31.4 Å². The lowest BCUT2D eigenvalue weighted by atomic mass is 10.1. The molecular weight excluding hydrogens is 240 g/mol. The van der Waals surface area contributed by atoms with Crippen LogP contribution in [0.25, 0.3) is 0 Å². The van der Waals surface area contributed by atoms with Gasteiger partial charge in [0.05, 0.1) is 6.54 Å². The maximum absolute atomic E-state index is 11.9. The van der Waals surface area contributed by atoms with Crippen molar-refractivity contribution < 1.29 is 9.59 Å². The number of anilines is 1. The Labute approximate surface area is 113 Å². The molecule has 0 unspecified atom stereocenters. The predicted octanol–water partition coefficient (Wildman–Crippen LogP) is 2.42. The van der Waals surface area contributed by atoms with Gasteiger partial charge in [-0.2, -0.15) is 0 Å². The van der Waals surface area contributed by atoms with Crippen molar-refractivity contribution in [2.75, 3.05) is 18.4 Å². The minimum atomic E-state index is -0.125. The average molecular weight is 260 g/mol. The zero-order valence-electron chi connectivity index (χ0n) is 11.1. The smallest absolute Gasteiger partial charge is 0.243 e. The van der Waals surface area contributed by atoms with Gasteiger partial charge in [0.1, 0.15) is 0 Å². The summed E-state index contributed by atoms with van der Waals surface area (Å²) < 4.78 is 0. The summed E-state index contributed by atoms with van der Waals surface area (Å²) in [4.78, 5) is 25.5. The van der Waals surface area contributed by atoms with Crippen LogP contribution in [-0.4, -0.2) is 29.8 Å². The molecule has 0 saturated carbocycles. The molecule has 0 aliphatic carbocycles. The Kier molecular flexibility index (Phi) is 4.95. The lowest BCUT2D eigenvalue weighted by Crippen LogP contribution is -2.39. The minimum Gasteiger partial charge on any atom is -0.333 e. The Morgan fingerprint density at radius 1 is 1.11 bits per heavy atom. The van der Waals surface area contributed by atoms with E-state index in [4.69, 9.17) is 0 Å². The summed E-state index contributed by atoms with van der Waals surface area (Å²) in [5.74, 6) is -0.0250. The van der Waals surface area contributed by atoms with Gasteiger partial charge >= 0.3 is 0 Å². The Bertz CT molecular complexity index is 431. The van der Waals surface area contributed by atoms with E-state index >= 15 is 0 Å². The van der Waals surface area contributed by atoms with Crippen LogP contribution >= 0.6 is 0 Å². The molecule has 1 heterocycles. The second-order valence-corrected chi connectivity index (χ2v) is 4.89. The number of rotatable bonds is 3. The van der Waals surface area contributed by atoms with Crippen LogP contribution in [0.1, 0.15) is 32.1 Å². The second-order valence-electron chi connectivity index (χ2n) is 4.89. The fourth-order valence-electron chi connectivity index (χ4n) is 2.28. The molecule has 102 valence electrons. The van der Waals surface area contributed by atoms with Crippen molar-refractivity contribution in [1.82, 2.24) is 4.90 Å². The topological polar surface area (TPSA) is 49.4 Å². The van der Waals surface area contributed by atoms with Gasteiger partial charge < -0.3 is 10.2 Å². The third-order valence-electron chi connectivity index (χ3n) is 3.31. The van der Waals surface area contributed by atoms with Crippen LogP contribution in [0.5, 0.6) is 0 Å². The minimum absolute atomic E-state index is 0.0999. The van der Waals surface area contributed by atoms with Crippen LogP contribution in [0.2, 0.25) is 0 Å². The molecule has 0 aromatic heterocycles. The van der Waals surface area contributed by atoms with E-state index in [9.17, 15) is 9.59 Å². The first-order valence-electron chi connectivity index (χ1n) is 6.88. The van der Waals surface area contributed by atoms with Crippen LogP contribution in [-0.2, 0) is 9.59 Å². The van der Waals surface area contributed by atoms with Crippen molar-refractivity contribution >= 4 is 17.5 Å². The number of benzene rings is 1. The van der Waals surface area contributed by atoms with Crippen LogP contribution in [0.4, 0.5) is 5.69 Å². The van der Waals surface area contributed by atoms with E-state index in [1.54, 1.807) is 4.90 Å². The molecule has 2 amide bonds. The molecule has 19 heavy (non-hydrogen) atoms. The Morgan fingerprint density at radius 3 is 2.63 bits per heavy atom. The van der Waals surface area contributed by atoms with Crippen LogP contribution < -0.4 is 5.32 Å². The van der Waals surface area contributed by atoms with E-state index in [-0.39, 0.29) is 18.4 Å². The van der Waals surface area contributed by atoms with Crippen molar-refractivity contribution in [3.63, 3.8) is 0 Å². The van der Waals surface area contributed by atoms with Crippen molar-refractivity contribution in [3.8, 4) is 0 Å². The van der Waals surface area contributed by atoms with Gasteiger partial charge in [0.25, 0.3) is 0 Å². The lowest BCUT2D eigenvalue weighted by molar-refractivity contribution is -0.135. The van der Waals surface area contributed by atoms with Crippen molar-refractivity contribution in [2.45, 2.75) is 32.1 Å². The van der Waals surface area contributed by atoms with Gasteiger partial charge in [-0.1, -0.05) is 31.0 Å². The third kappa shape index (κ3) is 4.39. The fourth-order valence-corrected chi connectivity index (χ4v) is 2.28. The van der Waals surface area contributed by atoms with Gasteiger partial charge in [0, 0.05) is 18.7 Å². The molecular formula is C15H20N2O2. The SMILES string of the molecule is O=C(CN1CCCCCCC1=O)Nc1ccccc1. The monoisotopic (exact) mass is 260 g/mol. The first kappa shape index (κ1) is 13.6. The number of likely N-dealkylation sites (tertiary alicyclic amines) is 1. The highest BCUT2D eigenvalue weighted by molar-refractivity contribution is 5.94. The maximum Gasteiger partial charge on any atom is 0.243 e. The molecule has 1 fully saturated rings. The summed E-state index contributed by atoms with van der Waals surface area (Å²) in [5.41, 5.74) is 0.770. The number of carbonyl (C=O) groups excluding carboxylic acids is 2. The number of hydrogen-bond donors (Lipinski definition) is 1. The van der Waals surface area contributed by atoms with Crippen LogP contribution in [0.15, 0.2) is 30.3 Å². The number of amides is 2. The number of hydrogen-bond acceptors (Lipinski definition) is 2. The first-order chi connectivity index (χ1) is 9.25. The molecule has 1 aromatic carbocycles. The van der Waals surface area contributed by atoms with Gasteiger partial charge in [0.15, 0.2) is 0 Å². The van der Waals surface area contributed by atoms with Gasteiger partial charge in [-0.3, -0.25) is 9.59 Å². The standard InChI is InChI=1S/C15H20N2O2/c18-14(16-13-8-4-3-5-9-13)12-17-11-7-2-1-6-10-15(17)19/h3-5,8-9H,1-2,6-7,10-12H2,(H,16,18). The van der Waals surface area contributed by atoms with Crippen molar-refractivity contribution in [3.05, 3.63) is 30.3 Å². The highest BCUT2D eigenvalue weighted by Gasteiger charge is 2.18. The molecule has 0 spiro atoms. The van der Waals surface area contributed by atoms with Gasteiger partial charge in [-0.25, -0.2) is 0 Å². The molecule has 1 aromatic rings. The molecule has 2 rings (SSSR count). The van der Waals surface area contributed by atoms with Gasteiger partial charge in [0.2, 0.25) is 11.8 Å². The zero-order chi connectivity index (χ0) is 13.5. The number of nitrogens with zero attached hydrogens (tertiary/aromatic N) is 1. The first-order valence-corrected chi connectivity index (χ1v) is 6.88. The number of carbonyl (C=O) groups is 2. The molecule has 1 aliphatic rings. The Balaban J connectivity index is 1.88. The molecule has 0 atom stereocenters. The maximum atomic E-state index is 11.9. The van der Waals surface area contributed by atoms with Crippen LogP contribution in [0, 0.1) is 0 Å². The zero-order valence-corrected chi connectivity index (χ0v) is 11.1. The van der Waals surface area contributed by atoms with Crippen molar-refractivity contribution in [2.24, 2.45) is 0 Å². The van der Waals surface area contributed by atoms with E-state index < -0.39 is 0 Å². The summed E-state index contributed by atoms with van der Waals surface area (Å²) in [6.07, 6.45) is 4.76. The van der Waals surface area contributed by atoms with Crippen LogP contribution in [0.3, 0.4) is 0 Å². The Morgan fingerprint density at radius 2 is 1.84 bits per heavy atom. The largest absolute Gasteiger partial charge is 0.333 e. The number of nitrogens with one attached hydrogen (secondary N) is 1. The molecule has 0 radical (unpaired) electrons. The molecule has 1 aliphatic heterocycles. The normalized spacial score (nSPS) is 16.6. The van der Waals surface area contributed by atoms with Crippen molar-refractivity contribution in [1.29, 1.82) is 0 Å². The summed E-state index contributed by atoms with van der Waals surface area (Å²) in [6, 6.07) is 9.32. The molecule has 1 saturated heterocycles. The second kappa shape index (κ2) is 6.92. The van der Waals surface area contributed by atoms with E-state index in [0.29, 0.717) is 13.0 Å². The molecule has 1 N–H and O–H groups in total. The van der Waals surface area contributed by atoms with Gasteiger partial charge in [-0.05, 0) is 25.0 Å². The highest BCUT2D eigenvalue weighted by atomic mass is 16.2. The van der Waals surface area contributed by atoms with E-state index in [2.05, 4.69) is 5.32 Å². The molecule has 4 nitrogen and oxygen atoms in total. The summed E-state index contributed by atoms with van der Waals surface area (Å²) in [5, 5.41) is 2.81. The molecule has 4 heteroatoms. The lowest BCUT2D eigenvalue weighted by Gasteiger charge is -2.24. The fraction of sp³-hybridized carbons (Fsp3) is 0.467. The quantitative estimate of drug-likeness (QED) is 0.907. The third-order valence-corrected chi connectivity index (χ3v) is 3.31. The predicted molar refractivity (Wildman–Crippen MR) is 74.7 cm³/mol. The van der Waals surface area contributed by atoms with Gasteiger partial charge in [-0.15, -0.1) is 0 Å². The van der Waals surface area contributed by atoms with E-state index in [1.165, 1.54) is 0 Å². The average Bonchev–Trinajstić information content (AvgIpc) is 2.40. The Hall–Kier alpha value is -1.84. The summed E-state index contributed by atoms with van der Waals surface area (Å²) >= 11 is 0. The molecule has 0 bridgehead atoms. The van der Waals surface area contributed by atoms with E-state index in [1.807, 2.05) is 30.3 Å². The summed E-state index contributed by atoms with van der Waals surface area (Å²) in [7, 11) is 0.